The predicted molar refractivity (Wildman–Crippen MR) is 114 cm³/mol. The summed E-state index contributed by atoms with van der Waals surface area (Å²) in [5.41, 5.74) is 5.67. The highest BCUT2D eigenvalue weighted by Gasteiger charge is 2.27. The van der Waals surface area contributed by atoms with Crippen LogP contribution in [-0.4, -0.2) is 21.6 Å². The summed E-state index contributed by atoms with van der Waals surface area (Å²) in [7, 11) is 0. The number of benzene rings is 2. The average molecular weight is 409 g/mol. The minimum absolute atomic E-state index is 0.185. The van der Waals surface area contributed by atoms with Crippen LogP contribution in [0.2, 0.25) is 5.02 Å². The second kappa shape index (κ2) is 7.72. The van der Waals surface area contributed by atoms with E-state index in [4.69, 9.17) is 11.6 Å². The summed E-state index contributed by atoms with van der Waals surface area (Å²) in [6.07, 6.45) is 2.74. The van der Waals surface area contributed by atoms with Gasteiger partial charge in [-0.05, 0) is 56.0 Å². The molecule has 2 aromatic carbocycles. The summed E-state index contributed by atoms with van der Waals surface area (Å²) >= 11 is 6.29. The number of nitrogens with one attached hydrogen (secondary N) is 2. The molecule has 0 spiro atoms. The molecule has 148 valence electrons. The fourth-order valence-corrected chi connectivity index (χ4v) is 3.93. The quantitative estimate of drug-likeness (QED) is 0.665. The average Bonchev–Trinajstić information content (AvgIpc) is 3.27. The van der Waals surface area contributed by atoms with Crippen LogP contribution in [0.15, 0.2) is 42.5 Å². The Balaban J connectivity index is 1.64. The first kappa shape index (κ1) is 19.2. The van der Waals surface area contributed by atoms with E-state index >= 15 is 0 Å². The van der Waals surface area contributed by atoms with E-state index in [1.807, 2.05) is 35.9 Å². The van der Waals surface area contributed by atoms with Crippen LogP contribution < -0.4 is 10.6 Å². The van der Waals surface area contributed by atoms with Crippen molar-refractivity contribution in [3.05, 3.63) is 70.0 Å². The largest absolute Gasteiger partial charge is 0.326 e. The zero-order valence-corrected chi connectivity index (χ0v) is 17.0. The molecule has 0 fully saturated rings. The lowest BCUT2D eigenvalue weighted by Gasteiger charge is -2.09. The summed E-state index contributed by atoms with van der Waals surface area (Å²) < 4.78 is 1.90. The van der Waals surface area contributed by atoms with Crippen molar-refractivity contribution in [1.82, 2.24) is 9.78 Å². The van der Waals surface area contributed by atoms with E-state index < -0.39 is 0 Å². The van der Waals surface area contributed by atoms with Crippen molar-refractivity contribution in [1.29, 1.82) is 0 Å². The van der Waals surface area contributed by atoms with E-state index in [2.05, 4.69) is 15.7 Å². The monoisotopic (exact) mass is 408 g/mol. The summed E-state index contributed by atoms with van der Waals surface area (Å²) in [4.78, 5) is 24.2. The first-order valence-corrected chi connectivity index (χ1v) is 9.87. The number of carbonyl (C=O) groups excluding carboxylic acids is 2. The molecule has 7 heteroatoms. The molecule has 3 aromatic rings. The van der Waals surface area contributed by atoms with Crippen LogP contribution in [0.3, 0.4) is 0 Å². The molecule has 0 saturated heterocycles. The molecule has 1 heterocycles. The van der Waals surface area contributed by atoms with Crippen LogP contribution in [0.1, 0.15) is 40.7 Å². The normalized spacial score (nSPS) is 12.5. The van der Waals surface area contributed by atoms with Gasteiger partial charge in [0, 0.05) is 23.9 Å². The number of fused-ring (bicyclic) bond motifs is 1. The Morgan fingerprint density at radius 2 is 1.90 bits per heavy atom. The number of carbonyl (C=O) groups is 2. The molecule has 0 radical (unpaired) electrons. The molecule has 2 amide bonds. The molecule has 0 aliphatic heterocycles. The number of aromatic nitrogens is 2. The van der Waals surface area contributed by atoms with E-state index in [0.717, 1.165) is 41.8 Å². The zero-order chi connectivity index (χ0) is 20.5. The Labute approximate surface area is 173 Å². The minimum Gasteiger partial charge on any atom is -0.326 e. The lowest BCUT2D eigenvalue weighted by atomic mass is 10.1. The van der Waals surface area contributed by atoms with E-state index in [9.17, 15) is 9.59 Å². The Morgan fingerprint density at radius 3 is 2.62 bits per heavy atom. The molecule has 4 rings (SSSR count). The number of amides is 2. The maximum atomic E-state index is 13.0. The van der Waals surface area contributed by atoms with Gasteiger partial charge in [0.1, 0.15) is 0 Å². The Kier molecular flexibility index (Phi) is 5.11. The van der Waals surface area contributed by atoms with Gasteiger partial charge in [0.25, 0.3) is 5.91 Å². The van der Waals surface area contributed by atoms with Gasteiger partial charge < -0.3 is 10.6 Å². The molecule has 1 aromatic heterocycles. The summed E-state index contributed by atoms with van der Waals surface area (Å²) in [6.45, 7) is 3.46. The number of nitrogens with zero attached hydrogens (tertiary/aromatic N) is 2. The highest BCUT2D eigenvalue weighted by atomic mass is 35.5. The van der Waals surface area contributed by atoms with Crippen molar-refractivity contribution in [2.75, 3.05) is 10.6 Å². The van der Waals surface area contributed by atoms with Crippen LogP contribution >= 0.6 is 11.6 Å². The molecule has 1 aliphatic rings. The molecular formula is C22H21ClN4O2. The highest BCUT2D eigenvalue weighted by Crippen LogP contribution is 2.31. The zero-order valence-electron chi connectivity index (χ0n) is 16.3. The van der Waals surface area contributed by atoms with Gasteiger partial charge in [0.15, 0.2) is 5.69 Å². The Hall–Kier alpha value is -3.12. The number of hydrogen-bond donors (Lipinski definition) is 2. The molecule has 6 nitrogen and oxygen atoms in total. The number of anilines is 2. The molecule has 0 saturated carbocycles. The summed E-state index contributed by atoms with van der Waals surface area (Å²) in [5.74, 6) is -0.472. The van der Waals surface area contributed by atoms with Gasteiger partial charge in [-0.2, -0.15) is 5.10 Å². The van der Waals surface area contributed by atoms with Crippen molar-refractivity contribution in [2.24, 2.45) is 0 Å². The number of aryl methyl sites for hydroxylation is 1. The van der Waals surface area contributed by atoms with Gasteiger partial charge in [-0.25, -0.2) is 4.68 Å². The number of para-hydroxylation sites is 1. The van der Waals surface area contributed by atoms with Crippen LogP contribution in [0.5, 0.6) is 0 Å². The first-order chi connectivity index (χ1) is 13.9. The van der Waals surface area contributed by atoms with E-state index in [-0.39, 0.29) is 11.8 Å². The van der Waals surface area contributed by atoms with Crippen LogP contribution in [0.4, 0.5) is 11.4 Å². The summed E-state index contributed by atoms with van der Waals surface area (Å²) in [6, 6.07) is 13.0. The third-order valence-corrected chi connectivity index (χ3v) is 5.34. The lowest BCUT2D eigenvalue weighted by Crippen LogP contribution is -2.15. The van der Waals surface area contributed by atoms with Crippen LogP contribution in [-0.2, 0) is 17.6 Å². The number of hydrogen-bond acceptors (Lipinski definition) is 3. The number of rotatable bonds is 4. The van der Waals surface area contributed by atoms with Crippen molar-refractivity contribution >= 4 is 34.8 Å². The second-order valence-corrected chi connectivity index (χ2v) is 7.56. The van der Waals surface area contributed by atoms with Gasteiger partial charge in [-0.15, -0.1) is 0 Å². The summed E-state index contributed by atoms with van der Waals surface area (Å²) in [5, 5.41) is 10.5. The maximum Gasteiger partial charge on any atom is 0.276 e. The molecule has 2 N–H and O–H groups in total. The second-order valence-electron chi connectivity index (χ2n) is 7.16. The molecular weight excluding hydrogens is 388 g/mol. The predicted octanol–water partition coefficient (Wildman–Crippen LogP) is 4.53. The Morgan fingerprint density at radius 1 is 1.10 bits per heavy atom. The molecule has 0 bridgehead atoms. The highest BCUT2D eigenvalue weighted by molar-refractivity contribution is 6.34. The fourth-order valence-electron chi connectivity index (χ4n) is 3.70. The SMILES string of the molecule is CC(=O)Nc1ccc(NC(=O)c2nn(-c3ccccc3C)c3c2CCC3)c(Cl)c1. The van der Waals surface area contributed by atoms with Crippen LogP contribution in [0, 0.1) is 6.92 Å². The van der Waals surface area contributed by atoms with Crippen molar-refractivity contribution in [3.63, 3.8) is 0 Å². The van der Waals surface area contributed by atoms with Gasteiger partial charge >= 0.3 is 0 Å². The lowest BCUT2D eigenvalue weighted by molar-refractivity contribution is -0.114. The van der Waals surface area contributed by atoms with Crippen molar-refractivity contribution < 1.29 is 9.59 Å². The van der Waals surface area contributed by atoms with Gasteiger partial charge in [0.05, 0.1) is 16.4 Å². The van der Waals surface area contributed by atoms with Crippen molar-refractivity contribution in [3.8, 4) is 5.69 Å². The number of halogens is 1. The molecule has 0 unspecified atom stereocenters. The van der Waals surface area contributed by atoms with Gasteiger partial charge in [-0.3, -0.25) is 9.59 Å². The maximum absolute atomic E-state index is 13.0. The van der Waals surface area contributed by atoms with E-state index in [1.165, 1.54) is 6.92 Å². The molecule has 0 atom stereocenters. The van der Waals surface area contributed by atoms with E-state index in [0.29, 0.717) is 22.1 Å². The fraction of sp³-hybridized carbons (Fsp3) is 0.227. The standard InChI is InChI=1S/C22H21ClN4O2/c1-13-6-3-4-8-19(13)27-20-9-5-7-16(20)21(26-27)22(29)25-18-11-10-15(12-17(18)23)24-14(2)28/h3-4,6,8,10-12H,5,7,9H2,1-2H3,(H,24,28)(H,25,29). The van der Waals surface area contributed by atoms with Crippen molar-refractivity contribution in [2.45, 2.75) is 33.1 Å². The molecule has 1 aliphatic carbocycles. The van der Waals surface area contributed by atoms with Crippen LogP contribution in [0.25, 0.3) is 5.69 Å². The van der Waals surface area contributed by atoms with Gasteiger partial charge in [0.2, 0.25) is 5.91 Å². The minimum atomic E-state index is -0.287. The van der Waals surface area contributed by atoms with Gasteiger partial charge in [-0.1, -0.05) is 29.8 Å². The van der Waals surface area contributed by atoms with E-state index in [1.54, 1.807) is 18.2 Å². The topological polar surface area (TPSA) is 76.0 Å². The Bertz CT molecular complexity index is 1120. The smallest absolute Gasteiger partial charge is 0.276 e. The first-order valence-electron chi connectivity index (χ1n) is 9.49. The molecule has 29 heavy (non-hydrogen) atoms. The third kappa shape index (κ3) is 3.76. The third-order valence-electron chi connectivity index (χ3n) is 5.03.